The summed E-state index contributed by atoms with van der Waals surface area (Å²) in [7, 11) is -3.21. The van der Waals surface area contributed by atoms with Crippen molar-refractivity contribution in [1.29, 1.82) is 0 Å². The highest BCUT2D eigenvalue weighted by Crippen LogP contribution is 2.39. The predicted molar refractivity (Wildman–Crippen MR) is 179 cm³/mol. The van der Waals surface area contributed by atoms with E-state index in [0.29, 0.717) is 29.2 Å². The van der Waals surface area contributed by atoms with Gasteiger partial charge in [-0.3, -0.25) is 14.4 Å². The molecule has 0 spiro atoms. The third kappa shape index (κ3) is 7.87. The molecule has 0 saturated carbocycles. The summed E-state index contributed by atoms with van der Waals surface area (Å²) in [4.78, 5) is 17.6. The van der Waals surface area contributed by atoms with Crippen LogP contribution in [0.25, 0.3) is 0 Å². The monoisotopic (exact) mass is 634 g/mol. The number of nitrogens with zero attached hydrogens (tertiary/aromatic N) is 4. The minimum Gasteiger partial charge on any atom is -0.480 e. The Bertz CT molecular complexity index is 1580. The highest BCUT2D eigenvalue weighted by atomic mass is 32.2. The Kier molecular flexibility index (Phi) is 9.92. The lowest BCUT2D eigenvalue weighted by Crippen LogP contribution is -2.48. The quantitative estimate of drug-likeness (QED) is 0.310. The van der Waals surface area contributed by atoms with Crippen molar-refractivity contribution >= 4 is 15.8 Å². The number of hydrogen-bond acceptors (Lipinski definition) is 6. The third-order valence-corrected chi connectivity index (χ3v) is 10.9. The molecular formula is C36H50N4O4S. The van der Waals surface area contributed by atoms with E-state index >= 15 is 0 Å². The number of carboxylic acid groups (broad SMARTS) is 1. The van der Waals surface area contributed by atoms with Gasteiger partial charge in [-0.1, -0.05) is 69.7 Å². The van der Waals surface area contributed by atoms with E-state index in [1.807, 2.05) is 37.6 Å². The Morgan fingerprint density at radius 3 is 2.33 bits per heavy atom. The van der Waals surface area contributed by atoms with Crippen LogP contribution in [0.15, 0.2) is 59.6 Å². The van der Waals surface area contributed by atoms with Crippen molar-refractivity contribution in [2.24, 2.45) is 11.3 Å². The summed E-state index contributed by atoms with van der Waals surface area (Å²) >= 11 is 0. The number of sulfone groups is 1. The van der Waals surface area contributed by atoms with Gasteiger partial charge in [0, 0.05) is 38.0 Å². The molecule has 0 radical (unpaired) electrons. The van der Waals surface area contributed by atoms with Crippen LogP contribution in [0.1, 0.15) is 80.3 Å². The van der Waals surface area contributed by atoms with Crippen LogP contribution in [0.2, 0.25) is 0 Å². The number of benzene rings is 2. The average Bonchev–Trinajstić information content (AvgIpc) is 3.56. The molecule has 0 amide bonds. The molecule has 0 bridgehead atoms. The summed E-state index contributed by atoms with van der Waals surface area (Å²) in [6, 6.07) is 15.3. The summed E-state index contributed by atoms with van der Waals surface area (Å²) in [6.07, 6.45) is 6.46. The van der Waals surface area contributed by atoms with E-state index in [-0.39, 0.29) is 5.41 Å². The van der Waals surface area contributed by atoms with E-state index in [1.54, 1.807) is 12.1 Å². The Morgan fingerprint density at radius 1 is 1.07 bits per heavy atom. The highest BCUT2D eigenvalue weighted by Gasteiger charge is 2.44. The van der Waals surface area contributed by atoms with Crippen LogP contribution in [0.5, 0.6) is 0 Å². The number of aryl methyl sites for hydroxylation is 2. The molecule has 1 N–H and O–H groups in total. The minimum absolute atomic E-state index is 0.309. The topological polar surface area (TPSA) is 95.7 Å². The number of carboxylic acids is 1. The number of aromatic nitrogens is 2. The van der Waals surface area contributed by atoms with E-state index < -0.39 is 21.8 Å². The van der Waals surface area contributed by atoms with Gasteiger partial charge in [0.15, 0.2) is 9.84 Å². The maximum atomic E-state index is 12.4. The number of aliphatic carboxylic acids is 1. The molecule has 3 heterocycles. The molecule has 45 heavy (non-hydrogen) atoms. The third-order valence-electron chi connectivity index (χ3n) is 9.78. The fourth-order valence-electron chi connectivity index (χ4n) is 7.61. The molecule has 2 aliphatic heterocycles. The van der Waals surface area contributed by atoms with Crippen molar-refractivity contribution in [2.75, 3.05) is 39.0 Å². The van der Waals surface area contributed by atoms with E-state index in [2.05, 4.69) is 54.1 Å². The zero-order valence-electron chi connectivity index (χ0n) is 27.7. The van der Waals surface area contributed by atoms with Crippen molar-refractivity contribution in [3.63, 3.8) is 0 Å². The summed E-state index contributed by atoms with van der Waals surface area (Å²) in [5.41, 5.74) is 5.73. The first-order valence-corrected chi connectivity index (χ1v) is 18.2. The second kappa shape index (κ2) is 13.4. The summed E-state index contributed by atoms with van der Waals surface area (Å²) in [6.45, 7) is 15.6. The van der Waals surface area contributed by atoms with Gasteiger partial charge in [-0.05, 0) is 85.3 Å². The first-order chi connectivity index (χ1) is 21.2. The summed E-state index contributed by atoms with van der Waals surface area (Å²) in [5.74, 6) is 0.409. The molecule has 1 aromatic heterocycles. The smallest absolute Gasteiger partial charge is 0.321 e. The van der Waals surface area contributed by atoms with Crippen LogP contribution in [0.3, 0.4) is 0 Å². The van der Waals surface area contributed by atoms with Gasteiger partial charge in [0.2, 0.25) is 0 Å². The molecule has 5 rings (SSSR count). The highest BCUT2D eigenvalue weighted by molar-refractivity contribution is 7.90. The van der Waals surface area contributed by atoms with Gasteiger partial charge in [0.05, 0.1) is 17.1 Å². The van der Waals surface area contributed by atoms with E-state index in [9.17, 15) is 18.3 Å². The first kappa shape index (κ1) is 33.4. The lowest BCUT2D eigenvalue weighted by Gasteiger charge is -2.36. The zero-order chi connectivity index (χ0) is 32.5. The first-order valence-electron chi connectivity index (χ1n) is 16.3. The van der Waals surface area contributed by atoms with Crippen LogP contribution >= 0.6 is 0 Å². The molecule has 2 fully saturated rings. The minimum atomic E-state index is -3.21. The van der Waals surface area contributed by atoms with Crippen LogP contribution < -0.4 is 0 Å². The lowest BCUT2D eigenvalue weighted by molar-refractivity contribution is -0.147. The van der Waals surface area contributed by atoms with Crippen molar-refractivity contribution < 1.29 is 18.3 Å². The van der Waals surface area contributed by atoms with Crippen LogP contribution in [-0.4, -0.2) is 84.1 Å². The van der Waals surface area contributed by atoms with Crippen molar-refractivity contribution in [2.45, 2.75) is 83.2 Å². The molecular weight excluding hydrogens is 584 g/mol. The second-order valence-corrected chi connectivity index (χ2v) is 16.4. The van der Waals surface area contributed by atoms with Gasteiger partial charge >= 0.3 is 5.97 Å². The maximum Gasteiger partial charge on any atom is 0.321 e. The van der Waals surface area contributed by atoms with Gasteiger partial charge in [-0.2, -0.15) is 5.10 Å². The number of carbonyl (C=O) groups is 1. The van der Waals surface area contributed by atoms with Crippen LogP contribution in [0, 0.1) is 18.3 Å². The van der Waals surface area contributed by atoms with Gasteiger partial charge in [0.25, 0.3) is 0 Å². The number of piperidine rings is 1. The largest absolute Gasteiger partial charge is 0.480 e. The average molecular weight is 635 g/mol. The number of likely N-dealkylation sites (tertiary alicyclic amines) is 2. The molecule has 9 heteroatoms. The summed E-state index contributed by atoms with van der Waals surface area (Å²) < 4.78 is 25.7. The standard InChI is InChI=1S/C36H50N4O4S/c1-7-33-32(24-40(37-33)20-26-11-13-30(14-12-26)45(6,43)44)27-15-17-38(18-16-27)21-29-22-39(34(35(41)42)36(3,4)5)23-31(29)28-10-8-9-25(2)19-28/h8-14,19,24,27,29,31,34H,7,15-18,20-23H2,1-6H3,(H,41,42). The molecule has 2 aliphatic rings. The molecule has 8 nitrogen and oxygen atoms in total. The molecule has 2 aromatic carbocycles. The SMILES string of the molecule is CCc1nn(Cc2ccc(S(C)(=O)=O)cc2)cc1C1CCN(CC2CN(C(C(=O)O)C(C)(C)C)CC2c2cccc(C)c2)CC1. The molecule has 3 unspecified atom stereocenters. The van der Waals surface area contributed by atoms with Crippen LogP contribution in [-0.2, 0) is 27.6 Å². The molecule has 2 saturated heterocycles. The van der Waals surface area contributed by atoms with Gasteiger partial charge in [0.1, 0.15) is 6.04 Å². The maximum absolute atomic E-state index is 12.4. The molecule has 0 aliphatic carbocycles. The van der Waals surface area contributed by atoms with E-state index in [4.69, 9.17) is 5.10 Å². The van der Waals surface area contributed by atoms with Crippen molar-refractivity contribution in [1.82, 2.24) is 19.6 Å². The molecule has 244 valence electrons. The normalized spacial score (nSPS) is 21.3. The molecule has 3 aromatic rings. The van der Waals surface area contributed by atoms with E-state index in [0.717, 1.165) is 63.2 Å². The lowest BCUT2D eigenvalue weighted by atomic mass is 9.85. The van der Waals surface area contributed by atoms with Crippen molar-refractivity contribution in [3.8, 4) is 0 Å². The number of rotatable bonds is 10. The second-order valence-electron chi connectivity index (χ2n) is 14.4. The predicted octanol–water partition coefficient (Wildman–Crippen LogP) is 5.60. The van der Waals surface area contributed by atoms with Gasteiger partial charge < -0.3 is 10.0 Å². The van der Waals surface area contributed by atoms with Gasteiger partial charge in [-0.25, -0.2) is 8.42 Å². The summed E-state index contributed by atoms with van der Waals surface area (Å²) in [5, 5.41) is 15.1. The van der Waals surface area contributed by atoms with E-state index in [1.165, 1.54) is 22.9 Å². The Labute approximate surface area is 269 Å². The molecule has 3 atom stereocenters. The fourth-order valence-corrected chi connectivity index (χ4v) is 8.24. The van der Waals surface area contributed by atoms with Gasteiger partial charge in [-0.15, -0.1) is 0 Å². The van der Waals surface area contributed by atoms with Crippen molar-refractivity contribution in [3.05, 3.63) is 82.7 Å². The Hall–Kier alpha value is -3.01. The zero-order valence-corrected chi connectivity index (χ0v) is 28.6. The van der Waals surface area contributed by atoms with Crippen LogP contribution in [0.4, 0.5) is 0 Å². The fraction of sp³-hybridized carbons (Fsp3) is 0.556. The Balaban J connectivity index is 1.26. The number of hydrogen-bond donors (Lipinski definition) is 1. The Morgan fingerprint density at radius 2 is 1.76 bits per heavy atom.